The number of halogens is 2. The molecular weight excluding hydrogens is 421 g/mol. The fourth-order valence-corrected chi connectivity index (χ4v) is 3.28. The van der Waals surface area contributed by atoms with Crippen molar-refractivity contribution in [3.63, 3.8) is 0 Å². The molecule has 4 rings (SSSR count). The van der Waals surface area contributed by atoms with Crippen molar-refractivity contribution in [2.24, 2.45) is 5.10 Å². The Bertz CT molecular complexity index is 1290. The standard InChI is InChI=1S/C23H15Cl2N3O2/c24-18-10-9-14(11-19(18)25)21-12-17(16-6-2-3-7-20(16)27-21)23(30)28-26-13-15-5-1-4-8-22(15)29/h1-13,29H,(H,28,30)/b26-13+. The van der Waals surface area contributed by atoms with Gasteiger partial charge in [0.2, 0.25) is 0 Å². The van der Waals surface area contributed by atoms with Crippen LogP contribution in [-0.2, 0) is 0 Å². The van der Waals surface area contributed by atoms with Gasteiger partial charge in [0.05, 0.1) is 33.0 Å². The minimum absolute atomic E-state index is 0.0757. The van der Waals surface area contributed by atoms with Gasteiger partial charge >= 0.3 is 0 Å². The van der Waals surface area contributed by atoms with E-state index in [0.29, 0.717) is 37.8 Å². The summed E-state index contributed by atoms with van der Waals surface area (Å²) in [6, 6.07) is 20.9. The van der Waals surface area contributed by atoms with E-state index in [1.165, 1.54) is 6.21 Å². The maximum atomic E-state index is 12.9. The van der Waals surface area contributed by atoms with E-state index in [-0.39, 0.29) is 5.75 Å². The SMILES string of the molecule is O=C(N/N=C/c1ccccc1O)c1cc(-c2ccc(Cl)c(Cl)c2)nc2ccccc12. The van der Waals surface area contributed by atoms with Crippen LogP contribution in [0.2, 0.25) is 10.0 Å². The molecule has 0 atom stereocenters. The summed E-state index contributed by atoms with van der Waals surface area (Å²) in [4.78, 5) is 17.5. The van der Waals surface area contributed by atoms with Crippen LogP contribution in [0.4, 0.5) is 0 Å². The van der Waals surface area contributed by atoms with E-state index in [9.17, 15) is 9.90 Å². The molecule has 0 bridgehead atoms. The molecule has 4 aromatic rings. The van der Waals surface area contributed by atoms with E-state index in [2.05, 4.69) is 15.5 Å². The molecule has 0 spiro atoms. The van der Waals surface area contributed by atoms with Crippen molar-refractivity contribution in [1.82, 2.24) is 10.4 Å². The van der Waals surface area contributed by atoms with Gasteiger partial charge in [0.15, 0.2) is 0 Å². The number of fused-ring (bicyclic) bond motifs is 1. The van der Waals surface area contributed by atoms with Crippen molar-refractivity contribution in [3.8, 4) is 17.0 Å². The number of carbonyl (C=O) groups is 1. The van der Waals surface area contributed by atoms with Crippen LogP contribution in [0.25, 0.3) is 22.2 Å². The van der Waals surface area contributed by atoms with Gasteiger partial charge in [-0.2, -0.15) is 5.10 Å². The number of aromatic nitrogens is 1. The highest BCUT2D eigenvalue weighted by atomic mass is 35.5. The molecule has 30 heavy (non-hydrogen) atoms. The second-order valence-electron chi connectivity index (χ2n) is 6.46. The van der Waals surface area contributed by atoms with Crippen molar-refractivity contribution in [3.05, 3.63) is 94.0 Å². The summed E-state index contributed by atoms with van der Waals surface area (Å²) in [5.41, 5.74) is 5.40. The summed E-state index contributed by atoms with van der Waals surface area (Å²) >= 11 is 12.2. The average molecular weight is 436 g/mol. The molecule has 1 heterocycles. The Morgan fingerprint density at radius 3 is 2.53 bits per heavy atom. The summed E-state index contributed by atoms with van der Waals surface area (Å²) in [6.45, 7) is 0. The molecule has 0 unspecified atom stereocenters. The highest BCUT2D eigenvalue weighted by molar-refractivity contribution is 6.42. The van der Waals surface area contributed by atoms with Gasteiger partial charge in [-0.3, -0.25) is 4.79 Å². The zero-order valence-electron chi connectivity index (χ0n) is 15.5. The molecule has 7 heteroatoms. The number of nitrogens with one attached hydrogen (secondary N) is 1. The first kappa shape index (κ1) is 19.9. The highest BCUT2D eigenvalue weighted by Gasteiger charge is 2.14. The number of rotatable bonds is 4. The number of phenols is 1. The monoisotopic (exact) mass is 435 g/mol. The van der Waals surface area contributed by atoms with Gasteiger partial charge in [0.25, 0.3) is 5.91 Å². The molecule has 0 fully saturated rings. The summed E-state index contributed by atoms with van der Waals surface area (Å²) in [5, 5.41) is 15.3. The van der Waals surface area contributed by atoms with Crippen molar-refractivity contribution in [2.45, 2.75) is 0 Å². The van der Waals surface area contributed by atoms with Gasteiger partial charge in [-0.15, -0.1) is 0 Å². The second kappa shape index (κ2) is 8.53. The van der Waals surface area contributed by atoms with Crippen molar-refractivity contribution in [2.75, 3.05) is 0 Å². The number of nitrogens with zero attached hydrogens (tertiary/aromatic N) is 2. The largest absolute Gasteiger partial charge is 0.507 e. The summed E-state index contributed by atoms with van der Waals surface area (Å²) in [6.07, 6.45) is 1.39. The Morgan fingerprint density at radius 2 is 1.73 bits per heavy atom. The zero-order valence-corrected chi connectivity index (χ0v) is 17.0. The minimum atomic E-state index is -0.401. The lowest BCUT2D eigenvalue weighted by Crippen LogP contribution is -2.18. The number of hydrogen-bond acceptors (Lipinski definition) is 4. The molecule has 2 N–H and O–H groups in total. The Morgan fingerprint density at radius 1 is 0.967 bits per heavy atom. The third-order valence-corrected chi connectivity index (χ3v) is 5.22. The number of carbonyl (C=O) groups excluding carboxylic acids is 1. The van der Waals surface area contributed by atoms with Crippen molar-refractivity contribution in [1.29, 1.82) is 0 Å². The molecule has 0 radical (unpaired) electrons. The maximum absolute atomic E-state index is 12.9. The quantitative estimate of drug-likeness (QED) is 0.319. The summed E-state index contributed by atoms with van der Waals surface area (Å²) in [7, 11) is 0. The van der Waals surface area contributed by atoms with E-state index in [4.69, 9.17) is 23.2 Å². The third kappa shape index (κ3) is 4.13. The second-order valence-corrected chi connectivity index (χ2v) is 7.27. The van der Waals surface area contributed by atoms with E-state index in [0.717, 1.165) is 5.56 Å². The molecule has 3 aromatic carbocycles. The number of phenolic OH excluding ortho intramolecular Hbond substituents is 1. The number of amides is 1. The van der Waals surface area contributed by atoms with Crippen molar-refractivity contribution < 1.29 is 9.90 Å². The van der Waals surface area contributed by atoms with Crippen LogP contribution in [-0.4, -0.2) is 22.2 Å². The van der Waals surface area contributed by atoms with Gasteiger partial charge < -0.3 is 5.11 Å². The first-order valence-electron chi connectivity index (χ1n) is 8.99. The van der Waals surface area contributed by atoms with Gasteiger partial charge in [-0.05, 0) is 36.4 Å². The van der Waals surface area contributed by atoms with Crippen LogP contribution in [0.3, 0.4) is 0 Å². The number of pyridine rings is 1. The zero-order chi connectivity index (χ0) is 21.1. The lowest BCUT2D eigenvalue weighted by molar-refractivity contribution is 0.0956. The summed E-state index contributed by atoms with van der Waals surface area (Å²) in [5.74, 6) is -0.326. The van der Waals surface area contributed by atoms with E-state index in [1.807, 2.05) is 24.3 Å². The number of aromatic hydroxyl groups is 1. The topological polar surface area (TPSA) is 74.6 Å². The predicted octanol–water partition coefficient (Wildman–Crippen LogP) is 5.68. The molecular formula is C23H15Cl2N3O2. The van der Waals surface area contributed by atoms with Crippen LogP contribution in [0.5, 0.6) is 5.75 Å². The van der Waals surface area contributed by atoms with E-state index in [1.54, 1.807) is 48.5 Å². The van der Waals surface area contributed by atoms with E-state index < -0.39 is 5.91 Å². The lowest BCUT2D eigenvalue weighted by atomic mass is 10.0. The Labute approximate surface area is 182 Å². The summed E-state index contributed by atoms with van der Waals surface area (Å²) < 4.78 is 0. The van der Waals surface area contributed by atoms with Crippen molar-refractivity contribution >= 4 is 46.2 Å². The fourth-order valence-electron chi connectivity index (χ4n) is 2.98. The Balaban J connectivity index is 1.71. The highest BCUT2D eigenvalue weighted by Crippen LogP contribution is 2.30. The van der Waals surface area contributed by atoms with Crippen LogP contribution < -0.4 is 5.43 Å². The molecule has 0 saturated heterocycles. The molecule has 1 aromatic heterocycles. The molecule has 0 aliphatic heterocycles. The third-order valence-electron chi connectivity index (χ3n) is 4.48. The number of hydrazone groups is 1. The lowest BCUT2D eigenvalue weighted by Gasteiger charge is -2.09. The Kier molecular flexibility index (Phi) is 5.65. The van der Waals surface area contributed by atoms with Crippen LogP contribution in [0, 0.1) is 0 Å². The number of para-hydroxylation sites is 2. The predicted molar refractivity (Wildman–Crippen MR) is 120 cm³/mol. The molecule has 1 amide bonds. The van der Waals surface area contributed by atoms with Crippen LogP contribution in [0.15, 0.2) is 77.9 Å². The minimum Gasteiger partial charge on any atom is -0.507 e. The molecule has 148 valence electrons. The van der Waals surface area contributed by atoms with Gasteiger partial charge in [-0.1, -0.05) is 59.6 Å². The first-order chi connectivity index (χ1) is 14.5. The van der Waals surface area contributed by atoms with Gasteiger partial charge in [-0.25, -0.2) is 10.4 Å². The van der Waals surface area contributed by atoms with Crippen LogP contribution in [0.1, 0.15) is 15.9 Å². The molecule has 0 aliphatic rings. The number of hydrogen-bond donors (Lipinski definition) is 2. The maximum Gasteiger partial charge on any atom is 0.272 e. The Hall–Kier alpha value is -3.41. The van der Waals surface area contributed by atoms with Gasteiger partial charge in [0, 0.05) is 16.5 Å². The van der Waals surface area contributed by atoms with Crippen LogP contribution >= 0.6 is 23.2 Å². The normalized spacial score (nSPS) is 11.1. The smallest absolute Gasteiger partial charge is 0.272 e. The molecule has 0 aliphatic carbocycles. The first-order valence-corrected chi connectivity index (χ1v) is 9.75. The fraction of sp³-hybridized carbons (Fsp3) is 0. The average Bonchev–Trinajstić information content (AvgIpc) is 2.76. The molecule has 0 saturated carbocycles. The molecule has 5 nitrogen and oxygen atoms in total. The van der Waals surface area contributed by atoms with Gasteiger partial charge in [0.1, 0.15) is 5.75 Å². The number of benzene rings is 3. The van der Waals surface area contributed by atoms with E-state index >= 15 is 0 Å².